The van der Waals surface area contributed by atoms with Gasteiger partial charge in [0.2, 0.25) is 11.8 Å². The Balaban J connectivity index is 1.29. The van der Waals surface area contributed by atoms with Crippen molar-refractivity contribution in [3.05, 3.63) is 51.0 Å². The number of amides is 2. The number of halogens is 1. The first kappa shape index (κ1) is 24.8. The summed E-state index contributed by atoms with van der Waals surface area (Å²) in [7, 11) is 0. The van der Waals surface area contributed by atoms with E-state index in [4.69, 9.17) is 4.74 Å². The van der Waals surface area contributed by atoms with Crippen molar-refractivity contribution in [2.75, 3.05) is 23.4 Å². The van der Waals surface area contributed by atoms with Gasteiger partial charge in [0, 0.05) is 21.7 Å². The van der Waals surface area contributed by atoms with Crippen LogP contribution in [0.5, 0.6) is 5.88 Å². The molecule has 3 aromatic rings. The van der Waals surface area contributed by atoms with Crippen LogP contribution in [0.4, 0.5) is 11.4 Å². The molecule has 5 rings (SSSR count). The third-order valence-electron chi connectivity index (χ3n) is 6.84. The molecule has 4 heterocycles. The largest absolute Gasteiger partial charge is 0.474 e. The topological polar surface area (TPSA) is 112 Å². The number of hydrogen-bond donors (Lipinski definition) is 3. The first-order valence-electron chi connectivity index (χ1n) is 12.2. The van der Waals surface area contributed by atoms with Crippen LogP contribution in [0.15, 0.2) is 41.3 Å². The van der Waals surface area contributed by atoms with Gasteiger partial charge < -0.3 is 20.3 Å². The highest BCUT2D eigenvalue weighted by Crippen LogP contribution is 2.38. The van der Waals surface area contributed by atoms with E-state index in [0.717, 1.165) is 34.4 Å². The number of pyridine rings is 1. The molecule has 9 nitrogen and oxygen atoms in total. The van der Waals surface area contributed by atoms with Crippen molar-refractivity contribution in [3.8, 4) is 5.88 Å². The maximum absolute atomic E-state index is 13.2. The smallest absolute Gasteiger partial charge is 0.262 e. The molecule has 0 aromatic carbocycles. The van der Waals surface area contributed by atoms with Gasteiger partial charge in [0.15, 0.2) is 0 Å². The fourth-order valence-corrected chi connectivity index (χ4v) is 6.23. The minimum Gasteiger partial charge on any atom is -0.474 e. The molecule has 11 heteroatoms. The predicted molar refractivity (Wildman–Crippen MR) is 143 cm³/mol. The molecule has 190 valence electrons. The second-order valence-corrected chi connectivity index (χ2v) is 11.3. The molecule has 0 bridgehead atoms. The van der Waals surface area contributed by atoms with Gasteiger partial charge in [0.05, 0.1) is 29.3 Å². The van der Waals surface area contributed by atoms with Crippen molar-refractivity contribution in [1.29, 1.82) is 0 Å². The normalized spacial score (nSPS) is 17.2. The number of ether oxygens (including phenoxy) is 1. The number of rotatable bonds is 8. The summed E-state index contributed by atoms with van der Waals surface area (Å²) < 4.78 is 6.60. The molecule has 3 aromatic heterocycles. The molecule has 36 heavy (non-hydrogen) atoms. The third-order valence-corrected chi connectivity index (χ3v) is 8.53. The van der Waals surface area contributed by atoms with E-state index in [1.54, 1.807) is 18.6 Å². The molecule has 0 unspecified atom stereocenters. The maximum Gasteiger partial charge on any atom is 0.262 e. The molecule has 2 atom stereocenters. The van der Waals surface area contributed by atoms with Gasteiger partial charge in [-0.05, 0) is 53.4 Å². The average molecular weight is 574 g/mol. The monoisotopic (exact) mass is 572 g/mol. The number of carbonyl (C=O) groups excluding carboxylic acids is 2. The summed E-state index contributed by atoms with van der Waals surface area (Å²) in [6.45, 7) is 3.40. The minimum absolute atomic E-state index is 0.0361. The van der Waals surface area contributed by atoms with Crippen LogP contribution in [-0.2, 0) is 4.79 Å². The number of fused-ring (bicyclic) bond motifs is 1. The third kappa shape index (κ3) is 5.57. The zero-order chi connectivity index (χ0) is 25.1. The molecular weight excluding hydrogens is 544 g/mol. The first-order chi connectivity index (χ1) is 17.5. The summed E-state index contributed by atoms with van der Waals surface area (Å²) in [5, 5.41) is 12.4. The van der Waals surface area contributed by atoms with E-state index in [2.05, 4.69) is 53.6 Å². The van der Waals surface area contributed by atoms with Crippen LogP contribution >= 0.6 is 27.3 Å². The fraction of sp³-hybridized carbons (Fsp3) is 0.440. The Bertz CT molecular complexity index is 1210. The maximum atomic E-state index is 13.2. The highest BCUT2D eigenvalue weighted by Gasteiger charge is 2.29. The van der Waals surface area contributed by atoms with Gasteiger partial charge in [-0.25, -0.2) is 4.98 Å². The highest BCUT2D eigenvalue weighted by atomic mass is 79.9. The summed E-state index contributed by atoms with van der Waals surface area (Å²) in [5.41, 5.74) is 1.51. The lowest BCUT2D eigenvalue weighted by molar-refractivity contribution is -0.118. The van der Waals surface area contributed by atoms with E-state index in [9.17, 15) is 9.59 Å². The van der Waals surface area contributed by atoms with Crippen LogP contribution in [0.1, 0.15) is 59.6 Å². The number of H-pyrrole nitrogens is 1. The Morgan fingerprint density at radius 2 is 2.14 bits per heavy atom. The van der Waals surface area contributed by atoms with Crippen LogP contribution in [0.2, 0.25) is 0 Å². The molecule has 0 radical (unpaired) electrons. The van der Waals surface area contributed by atoms with E-state index in [-0.39, 0.29) is 17.9 Å². The second-order valence-electron chi connectivity index (χ2n) is 9.29. The van der Waals surface area contributed by atoms with Gasteiger partial charge in [-0.2, -0.15) is 5.10 Å². The Morgan fingerprint density at radius 1 is 1.31 bits per heavy atom. The zero-order valence-corrected chi connectivity index (χ0v) is 22.4. The van der Waals surface area contributed by atoms with E-state index in [0.29, 0.717) is 35.4 Å². The molecular formula is C25H29BrN6O3S. The van der Waals surface area contributed by atoms with Gasteiger partial charge in [0.1, 0.15) is 18.3 Å². The summed E-state index contributed by atoms with van der Waals surface area (Å²) >= 11 is 4.95. The van der Waals surface area contributed by atoms with Gasteiger partial charge >= 0.3 is 0 Å². The van der Waals surface area contributed by atoms with E-state index in [1.807, 2.05) is 18.2 Å². The van der Waals surface area contributed by atoms with E-state index in [1.165, 1.54) is 24.2 Å². The van der Waals surface area contributed by atoms with Crippen molar-refractivity contribution in [3.63, 3.8) is 0 Å². The standard InChI is InChI=1S/C25H29BrN6O3S/c1-15(32-8-9-35-25-20(32)11-17(26)12-27-25)21-6-7-22(36-21)24(34)31-19(10-16-4-2-3-5-16)23(33)30-18-13-28-29-14-18/h6-7,11-16,19H,2-5,8-10H2,1H3,(H,28,29)(H,30,33)(H,31,34)/t15-,19-/m0/s1. The molecule has 2 amide bonds. The number of aromatic amines is 1. The van der Waals surface area contributed by atoms with Crippen LogP contribution in [-0.4, -0.2) is 46.2 Å². The predicted octanol–water partition coefficient (Wildman–Crippen LogP) is 4.91. The van der Waals surface area contributed by atoms with Crippen LogP contribution in [0.3, 0.4) is 0 Å². The Hall–Kier alpha value is -2.92. The van der Waals surface area contributed by atoms with Crippen LogP contribution in [0.25, 0.3) is 0 Å². The number of aromatic nitrogens is 3. The average Bonchev–Trinajstić information content (AvgIpc) is 3.66. The van der Waals surface area contributed by atoms with Crippen molar-refractivity contribution in [2.45, 2.75) is 51.1 Å². The number of thiophene rings is 1. The summed E-state index contributed by atoms with van der Waals surface area (Å²) in [6, 6.07) is 5.27. The zero-order valence-electron chi connectivity index (χ0n) is 20.0. The lowest BCUT2D eigenvalue weighted by Crippen LogP contribution is -2.44. The Morgan fingerprint density at radius 3 is 2.92 bits per heavy atom. The van der Waals surface area contributed by atoms with Gasteiger partial charge in [-0.15, -0.1) is 11.3 Å². The van der Waals surface area contributed by atoms with E-state index >= 15 is 0 Å². The van der Waals surface area contributed by atoms with Crippen LogP contribution in [0, 0.1) is 5.92 Å². The first-order valence-corrected chi connectivity index (χ1v) is 13.8. The molecule has 1 saturated carbocycles. The van der Waals surface area contributed by atoms with E-state index < -0.39 is 6.04 Å². The number of carbonyl (C=O) groups is 2. The Labute approximate surface area is 222 Å². The lowest BCUT2D eigenvalue weighted by atomic mass is 9.97. The molecule has 1 fully saturated rings. The quantitative estimate of drug-likeness (QED) is 0.353. The minimum atomic E-state index is -0.604. The molecule has 1 aliphatic carbocycles. The van der Waals surface area contributed by atoms with Crippen molar-refractivity contribution >= 4 is 50.5 Å². The van der Waals surface area contributed by atoms with Crippen molar-refractivity contribution < 1.29 is 14.3 Å². The fourth-order valence-electron chi connectivity index (χ4n) is 4.94. The number of anilines is 2. The van der Waals surface area contributed by atoms with Crippen molar-refractivity contribution in [1.82, 2.24) is 20.5 Å². The summed E-state index contributed by atoms with van der Waals surface area (Å²) in [5.74, 6) is 0.614. The highest BCUT2D eigenvalue weighted by molar-refractivity contribution is 9.10. The van der Waals surface area contributed by atoms with Gasteiger partial charge in [0.25, 0.3) is 5.91 Å². The summed E-state index contributed by atoms with van der Waals surface area (Å²) in [6.07, 6.45) is 10.1. The number of hydrogen-bond acceptors (Lipinski definition) is 7. The SMILES string of the molecule is C[C@@H](c1ccc(C(=O)N[C@@H](CC2CCCC2)C(=O)Nc2cn[nH]c2)s1)N1CCOc2ncc(Br)cc21. The van der Waals surface area contributed by atoms with Crippen molar-refractivity contribution in [2.24, 2.45) is 5.92 Å². The van der Waals surface area contributed by atoms with Crippen LogP contribution < -0.4 is 20.3 Å². The number of nitrogens with one attached hydrogen (secondary N) is 3. The van der Waals surface area contributed by atoms with Gasteiger partial charge in [-0.1, -0.05) is 25.7 Å². The molecule has 2 aliphatic rings. The Kier molecular flexibility index (Phi) is 7.56. The molecule has 0 saturated heterocycles. The molecule has 1 aliphatic heterocycles. The molecule has 0 spiro atoms. The summed E-state index contributed by atoms with van der Waals surface area (Å²) in [4.78, 5) is 34.5. The number of nitrogens with zero attached hydrogens (tertiary/aromatic N) is 3. The molecule has 3 N–H and O–H groups in total. The van der Waals surface area contributed by atoms with Gasteiger partial charge in [-0.3, -0.25) is 14.7 Å². The lowest BCUT2D eigenvalue weighted by Gasteiger charge is -2.35. The second kappa shape index (κ2) is 11.0.